The SMILES string of the molecule is CC(C)(C)CC(CNC(=O)C1=NNC(=O)CC1)C(=O)O. The van der Waals surface area contributed by atoms with Crippen LogP contribution in [-0.2, 0) is 14.4 Å². The maximum Gasteiger partial charge on any atom is 0.308 e. The molecule has 1 unspecified atom stereocenters. The molecule has 0 aromatic heterocycles. The Morgan fingerprint density at radius 2 is 2.05 bits per heavy atom. The van der Waals surface area contributed by atoms with E-state index in [9.17, 15) is 14.4 Å². The van der Waals surface area contributed by atoms with Crippen molar-refractivity contribution in [3.63, 3.8) is 0 Å². The lowest BCUT2D eigenvalue weighted by Crippen LogP contribution is -2.40. The molecule has 0 aromatic carbocycles. The molecule has 7 heteroatoms. The minimum atomic E-state index is -0.931. The summed E-state index contributed by atoms with van der Waals surface area (Å²) in [7, 11) is 0. The molecule has 0 aromatic rings. The van der Waals surface area contributed by atoms with Crippen molar-refractivity contribution in [3.05, 3.63) is 0 Å². The summed E-state index contributed by atoms with van der Waals surface area (Å²) in [4.78, 5) is 33.9. The van der Waals surface area contributed by atoms with E-state index in [0.717, 1.165) is 0 Å². The maximum atomic E-state index is 11.8. The van der Waals surface area contributed by atoms with Crippen LogP contribution in [0, 0.1) is 11.3 Å². The van der Waals surface area contributed by atoms with Crippen LogP contribution in [0.1, 0.15) is 40.0 Å². The van der Waals surface area contributed by atoms with Crippen molar-refractivity contribution in [2.24, 2.45) is 16.4 Å². The highest BCUT2D eigenvalue weighted by Crippen LogP contribution is 2.24. The molecule has 0 saturated heterocycles. The van der Waals surface area contributed by atoms with E-state index in [1.165, 1.54) is 0 Å². The van der Waals surface area contributed by atoms with Crippen molar-refractivity contribution in [1.29, 1.82) is 0 Å². The number of rotatable bonds is 5. The molecule has 0 fully saturated rings. The first-order valence-electron chi connectivity index (χ1n) is 6.55. The average Bonchev–Trinajstić information content (AvgIpc) is 2.33. The molecule has 112 valence electrons. The fourth-order valence-corrected chi connectivity index (χ4v) is 1.94. The van der Waals surface area contributed by atoms with E-state index in [0.29, 0.717) is 6.42 Å². The Kier molecular flexibility index (Phi) is 5.24. The van der Waals surface area contributed by atoms with Gasteiger partial charge < -0.3 is 10.4 Å². The van der Waals surface area contributed by atoms with E-state index in [-0.39, 0.29) is 36.4 Å². The Bertz CT molecular complexity index is 437. The lowest BCUT2D eigenvalue weighted by atomic mass is 9.84. The third kappa shape index (κ3) is 5.38. The van der Waals surface area contributed by atoms with E-state index >= 15 is 0 Å². The molecule has 7 nitrogen and oxygen atoms in total. The second kappa shape index (κ2) is 6.49. The number of nitrogens with one attached hydrogen (secondary N) is 2. The summed E-state index contributed by atoms with van der Waals surface area (Å²) < 4.78 is 0. The van der Waals surface area contributed by atoms with Gasteiger partial charge in [-0.25, -0.2) is 5.43 Å². The summed E-state index contributed by atoms with van der Waals surface area (Å²) in [6.07, 6.45) is 0.955. The van der Waals surface area contributed by atoms with Crippen molar-refractivity contribution in [1.82, 2.24) is 10.7 Å². The first kappa shape index (κ1) is 16.1. The van der Waals surface area contributed by atoms with Gasteiger partial charge in [0.2, 0.25) is 5.91 Å². The van der Waals surface area contributed by atoms with Crippen molar-refractivity contribution >= 4 is 23.5 Å². The smallest absolute Gasteiger partial charge is 0.308 e. The van der Waals surface area contributed by atoms with E-state index in [1.807, 2.05) is 20.8 Å². The molecular weight excluding hydrogens is 262 g/mol. The number of carbonyl (C=O) groups is 3. The Balaban J connectivity index is 2.53. The predicted octanol–water partition coefficient (Wildman–Crippen LogP) is 0.506. The Labute approximate surface area is 117 Å². The monoisotopic (exact) mass is 283 g/mol. The molecule has 1 heterocycles. The number of carboxylic acids is 1. The van der Waals surface area contributed by atoms with Gasteiger partial charge in [-0.05, 0) is 11.8 Å². The van der Waals surface area contributed by atoms with Crippen LogP contribution >= 0.6 is 0 Å². The predicted molar refractivity (Wildman–Crippen MR) is 73.0 cm³/mol. The first-order valence-corrected chi connectivity index (χ1v) is 6.55. The molecule has 0 spiro atoms. The second-order valence-corrected chi connectivity index (χ2v) is 6.10. The van der Waals surface area contributed by atoms with Gasteiger partial charge in [-0.1, -0.05) is 20.8 Å². The van der Waals surface area contributed by atoms with Crippen molar-refractivity contribution in [2.75, 3.05) is 6.54 Å². The van der Waals surface area contributed by atoms with Crippen LogP contribution in [0.5, 0.6) is 0 Å². The van der Waals surface area contributed by atoms with Gasteiger partial charge in [-0.15, -0.1) is 0 Å². The van der Waals surface area contributed by atoms with Gasteiger partial charge in [0, 0.05) is 19.4 Å². The number of carbonyl (C=O) groups excluding carboxylic acids is 2. The number of hydrogen-bond acceptors (Lipinski definition) is 4. The summed E-state index contributed by atoms with van der Waals surface area (Å²) in [5, 5.41) is 15.4. The van der Waals surface area contributed by atoms with Crippen LogP contribution in [0.25, 0.3) is 0 Å². The highest BCUT2D eigenvalue weighted by atomic mass is 16.4. The summed E-state index contributed by atoms with van der Waals surface area (Å²) in [6, 6.07) is 0. The van der Waals surface area contributed by atoms with E-state index < -0.39 is 17.8 Å². The topological polar surface area (TPSA) is 108 Å². The number of amides is 2. The minimum Gasteiger partial charge on any atom is -0.481 e. The van der Waals surface area contributed by atoms with E-state index in [1.54, 1.807) is 0 Å². The zero-order valence-electron chi connectivity index (χ0n) is 12.0. The summed E-state index contributed by atoms with van der Waals surface area (Å²) in [5.41, 5.74) is 2.33. The van der Waals surface area contributed by atoms with Crippen LogP contribution in [0.2, 0.25) is 0 Å². The number of carboxylic acid groups (broad SMARTS) is 1. The number of aliphatic carboxylic acids is 1. The van der Waals surface area contributed by atoms with Gasteiger partial charge in [0.05, 0.1) is 5.92 Å². The molecule has 20 heavy (non-hydrogen) atoms. The summed E-state index contributed by atoms with van der Waals surface area (Å²) >= 11 is 0. The van der Waals surface area contributed by atoms with Crippen LogP contribution in [0.4, 0.5) is 0 Å². The molecule has 0 aliphatic carbocycles. The van der Waals surface area contributed by atoms with Gasteiger partial charge in [0.25, 0.3) is 5.91 Å². The van der Waals surface area contributed by atoms with Crippen LogP contribution < -0.4 is 10.7 Å². The molecule has 0 saturated carbocycles. The highest BCUT2D eigenvalue weighted by molar-refractivity contribution is 6.39. The van der Waals surface area contributed by atoms with E-state index in [2.05, 4.69) is 15.8 Å². The molecule has 1 rings (SSSR count). The number of hydrazone groups is 1. The number of hydrogen-bond donors (Lipinski definition) is 3. The molecule has 3 N–H and O–H groups in total. The molecule has 1 aliphatic rings. The maximum absolute atomic E-state index is 11.8. The van der Waals surface area contributed by atoms with Crippen molar-refractivity contribution in [2.45, 2.75) is 40.0 Å². The zero-order valence-corrected chi connectivity index (χ0v) is 12.0. The summed E-state index contributed by atoms with van der Waals surface area (Å²) in [5.74, 6) is -2.22. The molecule has 0 radical (unpaired) electrons. The highest BCUT2D eigenvalue weighted by Gasteiger charge is 2.26. The molecule has 1 aliphatic heterocycles. The quantitative estimate of drug-likeness (QED) is 0.683. The van der Waals surface area contributed by atoms with Gasteiger partial charge in [-0.2, -0.15) is 5.10 Å². The molecule has 1 atom stereocenters. The van der Waals surface area contributed by atoms with Crippen molar-refractivity contribution < 1.29 is 19.5 Å². The lowest BCUT2D eigenvalue weighted by Gasteiger charge is -2.23. The Morgan fingerprint density at radius 3 is 2.50 bits per heavy atom. The van der Waals surface area contributed by atoms with Gasteiger partial charge >= 0.3 is 5.97 Å². The second-order valence-electron chi connectivity index (χ2n) is 6.10. The Hall–Kier alpha value is -1.92. The van der Waals surface area contributed by atoms with Gasteiger partial charge in [-0.3, -0.25) is 14.4 Å². The fraction of sp³-hybridized carbons (Fsp3) is 0.692. The number of nitrogens with zero attached hydrogens (tertiary/aromatic N) is 1. The van der Waals surface area contributed by atoms with Crippen LogP contribution in [0.15, 0.2) is 5.10 Å². The first-order chi connectivity index (χ1) is 9.19. The van der Waals surface area contributed by atoms with Crippen LogP contribution in [0.3, 0.4) is 0 Å². The van der Waals surface area contributed by atoms with Crippen LogP contribution in [-0.4, -0.2) is 35.1 Å². The zero-order chi connectivity index (χ0) is 15.3. The standard InChI is InChI=1S/C13H21N3O4/c1-13(2,3)6-8(12(19)20)7-14-11(18)9-4-5-10(17)16-15-9/h8H,4-7H2,1-3H3,(H,14,18)(H,16,17)(H,19,20). The van der Waals surface area contributed by atoms with Gasteiger partial charge in [0.1, 0.15) is 5.71 Å². The lowest BCUT2D eigenvalue weighted by molar-refractivity contribution is -0.142. The van der Waals surface area contributed by atoms with Crippen molar-refractivity contribution in [3.8, 4) is 0 Å². The van der Waals surface area contributed by atoms with E-state index in [4.69, 9.17) is 5.11 Å². The third-order valence-electron chi connectivity index (χ3n) is 2.88. The largest absolute Gasteiger partial charge is 0.481 e. The fourth-order valence-electron chi connectivity index (χ4n) is 1.94. The third-order valence-corrected chi connectivity index (χ3v) is 2.88. The minimum absolute atomic E-state index is 0.0540. The molecular formula is C13H21N3O4. The molecule has 0 bridgehead atoms. The van der Waals surface area contributed by atoms with Gasteiger partial charge in [0.15, 0.2) is 0 Å². The average molecular weight is 283 g/mol. The molecule has 2 amide bonds. The summed E-state index contributed by atoms with van der Waals surface area (Å²) in [6.45, 7) is 5.90. The normalized spacial score (nSPS) is 16.9. The Morgan fingerprint density at radius 1 is 1.40 bits per heavy atom.